The van der Waals surface area contributed by atoms with Crippen molar-refractivity contribution in [2.45, 2.75) is 19.8 Å². The van der Waals surface area contributed by atoms with Crippen LogP contribution < -0.4 is 10.6 Å². The zero-order valence-electron chi connectivity index (χ0n) is 12.8. The van der Waals surface area contributed by atoms with Crippen molar-refractivity contribution >= 4 is 21.7 Å². The molecule has 1 atom stereocenters. The standard InChI is InChI=1S/C15H22N2O4S/c1-11(2)10-17-14-6-4-13(5-7-14)12(3)15(18)16-8-9-22(19,20)21/h4-7,12,17H,1,8-10H2,2-3H3,(H,16,18)(H,19,20,21). The third-order valence-corrected chi connectivity index (χ3v) is 3.78. The van der Waals surface area contributed by atoms with E-state index in [0.717, 1.165) is 16.8 Å². The molecule has 1 aromatic carbocycles. The Morgan fingerprint density at radius 3 is 2.41 bits per heavy atom. The van der Waals surface area contributed by atoms with Gasteiger partial charge >= 0.3 is 0 Å². The molecule has 1 unspecified atom stereocenters. The molecule has 0 aliphatic heterocycles. The molecule has 0 aromatic heterocycles. The number of anilines is 1. The molecule has 1 amide bonds. The fraction of sp³-hybridized carbons (Fsp3) is 0.400. The van der Waals surface area contributed by atoms with Crippen molar-refractivity contribution in [3.05, 3.63) is 42.0 Å². The second-order valence-electron chi connectivity index (χ2n) is 5.23. The average molecular weight is 326 g/mol. The van der Waals surface area contributed by atoms with E-state index in [1.54, 1.807) is 6.92 Å². The largest absolute Gasteiger partial charge is 0.381 e. The Kier molecular flexibility index (Phi) is 6.58. The van der Waals surface area contributed by atoms with Crippen LogP contribution in [0.4, 0.5) is 5.69 Å². The smallest absolute Gasteiger partial charge is 0.266 e. The van der Waals surface area contributed by atoms with Crippen LogP contribution in [0.2, 0.25) is 0 Å². The van der Waals surface area contributed by atoms with E-state index in [2.05, 4.69) is 17.2 Å². The van der Waals surface area contributed by atoms with Gasteiger partial charge in [0.2, 0.25) is 5.91 Å². The Balaban J connectivity index is 2.55. The third-order valence-electron chi connectivity index (χ3n) is 3.06. The molecule has 1 rings (SSSR count). The van der Waals surface area contributed by atoms with Crippen molar-refractivity contribution in [2.24, 2.45) is 0 Å². The first-order valence-corrected chi connectivity index (χ1v) is 8.51. The van der Waals surface area contributed by atoms with Gasteiger partial charge in [0.1, 0.15) is 0 Å². The van der Waals surface area contributed by atoms with Crippen LogP contribution in [0.1, 0.15) is 25.3 Å². The van der Waals surface area contributed by atoms with E-state index < -0.39 is 21.8 Å². The van der Waals surface area contributed by atoms with Crippen LogP contribution in [-0.2, 0) is 14.9 Å². The summed E-state index contributed by atoms with van der Waals surface area (Å²) in [4.78, 5) is 11.9. The Morgan fingerprint density at radius 2 is 1.91 bits per heavy atom. The summed E-state index contributed by atoms with van der Waals surface area (Å²) in [7, 11) is -4.06. The van der Waals surface area contributed by atoms with Gasteiger partial charge in [0, 0.05) is 18.8 Å². The second kappa shape index (κ2) is 7.95. The van der Waals surface area contributed by atoms with Gasteiger partial charge in [-0.05, 0) is 31.5 Å². The van der Waals surface area contributed by atoms with E-state index in [9.17, 15) is 13.2 Å². The van der Waals surface area contributed by atoms with Gasteiger partial charge in [0.05, 0.1) is 11.7 Å². The molecular formula is C15H22N2O4S. The Hall–Kier alpha value is -1.86. The van der Waals surface area contributed by atoms with Gasteiger partial charge in [-0.25, -0.2) is 0 Å². The fourth-order valence-corrected chi connectivity index (χ4v) is 2.11. The molecule has 7 heteroatoms. The number of benzene rings is 1. The van der Waals surface area contributed by atoms with Gasteiger partial charge in [-0.1, -0.05) is 24.3 Å². The summed E-state index contributed by atoms with van der Waals surface area (Å²) >= 11 is 0. The zero-order valence-corrected chi connectivity index (χ0v) is 13.6. The van der Waals surface area contributed by atoms with Crippen LogP contribution in [0.3, 0.4) is 0 Å². The maximum absolute atomic E-state index is 11.9. The fourth-order valence-electron chi connectivity index (χ4n) is 1.75. The zero-order chi connectivity index (χ0) is 16.8. The molecule has 0 spiro atoms. The molecule has 0 fully saturated rings. The summed E-state index contributed by atoms with van der Waals surface area (Å²) in [6.07, 6.45) is 0. The molecular weight excluding hydrogens is 304 g/mol. The monoisotopic (exact) mass is 326 g/mol. The van der Waals surface area contributed by atoms with Gasteiger partial charge in [-0.15, -0.1) is 0 Å². The number of rotatable bonds is 8. The number of hydrogen-bond acceptors (Lipinski definition) is 4. The quantitative estimate of drug-likeness (QED) is 0.500. The molecule has 3 N–H and O–H groups in total. The molecule has 0 saturated heterocycles. The molecule has 0 bridgehead atoms. The Bertz CT molecular complexity index is 623. The minimum absolute atomic E-state index is 0.111. The minimum atomic E-state index is -4.06. The Labute approximate surface area is 131 Å². The van der Waals surface area contributed by atoms with E-state index in [-0.39, 0.29) is 12.5 Å². The molecule has 1 aromatic rings. The molecule has 0 radical (unpaired) electrons. The lowest BCUT2D eigenvalue weighted by atomic mass is 10.00. The van der Waals surface area contributed by atoms with Gasteiger partial charge in [0.25, 0.3) is 10.1 Å². The van der Waals surface area contributed by atoms with Gasteiger partial charge in [-0.2, -0.15) is 8.42 Å². The number of carbonyl (C=O) groups excluding carboxylic acids is 1. The summed E-state index contributed by atoms with van der Waals surface area (Å²) < 4.78 is 29.8. The van der Waals surface area contributed by atoms with Crippen molar-refractivity contribution in [1.82, 2.24) is 5.32 Å². The van der Waals surface area contributed by atoms with Crippen molar-refractivity contribution in [1.29, 1.82) is 0 Å². The minimum Gasteiger partial charge on any atom is -0.381 e. The number of hydrogen-bond donors (Lipinski definition) is 3. The van der Waals surface area contributed by atoms with E-state index in [1.807, 2.05) is 31.2 Å². The first kappa shape index (κ1) is 18.2. The normalized spacial score (nSPS) is 12.5. The van der Waals surface area contributed by atoms with Gasteiger partial charge in [0.15, 0.2) is 0 Å². The topological polar surface area (TPSA) is 95.5 Å². The highest BCUT2D eigenvalue weighted by molar-refractivity contribution is 7.85. The predicted molar refractivity (Wildman–Crippen MR) is 87.6 cm³/mol. The molecule has 22 heavy (non-hydrogen) atoms. The lowest BCUT2D eigenvalue weighted by Crippen LogP contribution is -2.32. The van der Waals surface area contributed by atoms with E-state index in [0.29, 0.717) is 6.54 Å². The highest BCUT2D eigenvalue weighted by atomic mass is 32.2. The molecule has 0 heterocycles. The maximum atomic E-state index is 11.9. The van der Waals surface area contributed by atoms with E-state index in [1.165, 1.54) is 0 Å². The van der Waals surface area contributed by atoms with Crippen molar-refractivity contribution in [2.75, 3.05) is 24.2 Å². The summed E-state index contributed by atoms with van der Waals surface area (Å²) in [6.45, 7) is 8.05. The van der Waals surface area contributed by atoms with Crippen LogP contribution >= 0.6 is 0 Å². The number of nitrogens with one attached hydrogen (secondary N) is 2. The summed E-state index contributed by atoms with van der Waals surface area (Å²) in [5.41, 5.74) is 2.78. The SMILES string of the molecule is C=C(C)CNc1ccc(C(C)C(=O)NCCS(=O)(=O)O)cc1. The van der Waals surface area contributed by atoms with Crippen LogP contribution in [0.15, 0.2) is 36.4 Å². The molecule has 0 aliphatic carbocycles. The van der Waals surface area contributed by atoms with Gasteiger partial charge < -0.3 is 10.6 Å². The van der Waals surface area contributed by atoms with Crippen LogP contribution in [0.5, 0.6) is 0 Å². The van der Waals surface area contributed by atoms with Crippen LogP contribution in [0.25, 0.3) is 0 Å². The van der Waals surface area contributed by atoms with Crippen LogP contribution in [0, 0.1) is 0 Å². The predicted octanol–water partition coefficient (Wildman–Crippen LogP) is 1.78. The molecule has 0 saturated carbocycles. The highest BCUT2D eigenvalue weighted by Crippen LogP contribution is 2.18. The number of carbonyl (C=O) groups is 1. The van der Waals surface area contributed by atoms with Crippen molar-refractivity contribution < 1.29 is 17.8 Å². The average Bonchev–Trinajstić information content (AvgIpc) is 2.43. The van der Waals surface area contributed by atoms with Gasteiger partial charge in [-0.3, -0.25) is 9.35 Å². The summed E-state index contributed by atoms with van der Waals surface area (Å²) in [5.74, 6) is -1.18. The highest BCUT2D eigenvalue weighted by Gasteiger charge is 2.15. The first-order chi connectivity index (χ1) is 10.2. The first-order valence-electron chi connectivity index (χ1n) is 6.90. The number of amides is 1. The van der Waals surface area contributed by atoms with Crippen molar-refractivity contribution in [3.8, 4) is 0 Å². The molecule has 0 aliphatic rings. The lowest BCUT2D eigenvalue weighted by molar-refractivity contribution is -0.122. The van der Waals surface area contributed by atoms with Crippen LogP contribution in [-0.4, -0.2) is 37.7 Å². The van der Waals surface area contributed by atoms with E-state index in [4.69, 9.17) is 4.55 Å². The molecule has 6 nitrogen and oxygen atoms in total. The third kappa shape index (κ3) is 6.73. The molecule has 122 valence electrons. The summed E-state index contributed by atoms with van der Waals surface area (Å²) in [5, 5.41) is 5.68. The Morgan fingerprint density at radius 1 is 1.32 bits per heavy atom. The summed E-state index contributed by atoms with van der Waals surface area (Å²) in [6, 6.07) is 7.43. The maximum Gasteiger partial charge on any atom is 0.266 e. The van der Waals surface area contributed by atoms with Crippen molar-refractivity contribution in [3.63, 3.8) is 0 Å². The van der Waals surface area contributed by atoms with E-state index >= 15 is 0 Å². The second-order valence-corrected chi connectivity index (χ2v) is 6.80. The lowest BCUT2D eigenvalue weighted by Gasteiger charge is -2.13.